The van der Waals surface area contributed by atoms with Gasteiger partial charge in [0.15, 0.2) is 0 Å². The summed E-state index contributed by atoms with van der Waals surface area (Å²) in [6, 6.07) is 0.0374. The molecule has 2 aliphatic rings. The first-order chi connectivity index (χ1) is 8.22. The van der Waals surface area contributed by atoms with Crippen LogP contribution < -0.4 is 5.32 Å². The number of carbonyl (C=O) groups is 1. The quantitative estimate of drug-likeness (QED) is 0.800. The Bertz CT molecular complexity index is 268. The highest BCUT2D eigenvalue weighted by Gasteiger charge is 2.34. The van der Waals surface area contributed by atoms with E-state index < -0.39 is 0 Å². The van der Waals surface area contributed by atoms with Gasteiger partial charge in [0.1, 0.15) is 0 Å². The SMILES string of the molecule is CCOC1CCCN(C(=O)C2NCCC2C)C1. The molecule has 3 atom stereocenters. The van der Waals surface area contributed by atoms with Crippen LogP contribution in [-0.2, 0) is 9.53 Å². The van der Waals surface area contributed by atoms with Gasteiger partial charge in [0, 0.05) is 19.7 Å². The Morgan fingerprint density at radius 1 is 1.47 bits per heavy atom. The molecule has 2 aliphatic heterocycles. The van der Waals surface area contributed by atoms with E-state index in [0.717, 1.165) is 45.5 Å². The number of nitrogens with one attached hydrogen (secondary N) is 1. The summed E-state index contributed by atoms with van der Waals surface area (Å²) in [4.78, 5) is 14.4. The average molecular weight is 240 g/mol. The molecular formula is C13H24N2O2. The predicted octanol–water partition coefficient (Wildman–Crippen LogP) is 1.01. The predicted molar refractivity (Wildman–Crippen MR) is 66.8 cm³/mol. The van der Waals surface area contributed by atoms with Gasteiger partial charge in [-0.25, -0.2) is 0 Å². The Kier molecular flexibility index (Phi) is 4.40. The number of amides is 1. The van der Waals surface area contributed by atoms with Crippen molar-refractivity contribution >= 4 is 5.91 Å². The van der Waals surface area contributed by atoms with Gasteiger partial charge in [0.2, 0.25) is 5.91 Å². The Hall–Kier alpha value is -0.610. The summed E-state index contributed by atoms with van der Waals surface area (Å²) in [5.74, 6) is 0.745. The second kappa shape index (κ2) is 5.83. The number of hydrogen-bond acceptors (Lipinski definition) is 3. The van der Waals surface area contributed by atoms with Gasteiger partial charge < -0.3 is 15.0 Å². The molecule has 2 fully saturated rings. The van der Waals surface area contributed by atoms with Crippen LogP contribution in [0.5, 0.6) is 0 Å². The van der Waals surface area contributed by atoms with Crippen LogP contribution in [0.25, 0.3) is 0 Å². The van der Waals surface area contributed by atoms with E-state index in [-0.39, 0.29) is 18.1 Å². The van der Waals surface area contributed by atoms with Gasteiger partial charge in [-0.15, -0.1) is 0 Å². The summed E-state index contributed by atoms with van der Waals surface area (Å²) < 4.78 is 5.64. The van der Waals surface area contributed by atoms with Crippen LogP contribution in [0, 0.1) is 5.92 Å². The molecule has 0 aromatic carbocycles. The first-order valence-electron chi connectivity index (χ1n) is 6.86. The third-order valence-electron chi connectivity index (χ3n) is 3.89. The van der Waals surface area contributed by atoms with E-state index in [1.54, 1.807) is 0 Å². The lowest BCUT2D eigenvalue weighted by molar-refractivity contribution is -0.138. The number of nitrogens with zero attached hydrogens (tertiary/aromatic N) is 1. The summed E-state index contributed by atoms with van der Waals surface area (Å²) in [6.45, 7) is 7.56. The van der Waals surface area contributed by atoms with Crippen LogP contribution in [0.4, 0.5) is 0 Å². The maximum absolute atomic E-state index is 12.4. The molecule has 98 valence electrons. The number of rotatable bonds is 3. The van der Waals surface area contributed by atoms with Gasteiger partial charge in [-0.3, -0.25) is 4.79 Å². The highest BCUT2D eigenvalue weighted by Crippen LogP contribution is 2.20. The van der Waals surface area contributed by atoms with Crippen molar-refractivity contribution in [3.63, 3.8) is 0 Å². The van der Waals surface area contributed by atoms with Crippen molar-refractivity contribution in [2.75, 3.05) is 26.2 Å². The highest BCUT2D eigenvalue weighted by atomic mass is 16.5. The minimum absolute atomic E-state index is 0.0374. The van der Waals surface area contributed by atoms with Gasteiger partial charge in [-0.1, -0.05) is 6.92 Å². The summed E-state index contributed by atoms with van der Waals surface area (Å²) in [5, 5.41) is 3.32. The molecule has 0 radical (unpaired) electrons. The molecule has 17 heavy (non-hydrogen) atoms. The van der Waals surface area contributed by atoms with Crippen molar-refractivity contribution in [1.82, 2.24) is 10.2 Å². The summed E-state index contributed by atoms with van der Waals surface area (Å²) in [6.07, 6.45) is 3.51. The Morgan fingerprint density at radius 2 is 2.29 bits per heavy atom. The average Bonchev–Trinajstić information content (AvgIpc) is 2.75. The largest absolute Gasteiger partial charge is 0.377 e. The molecule has 0 aliphatic carbocycles. The molecule has 0 saturated carbocycles. The molecular weight excluding hydrogens is 216 g/mol. The highest BCUT2D eigenvalue weighted by molar-refractivity contribution is 5.82. The number of hydrogen-bond donors (Lipinski definition) is 1. The maximum atomic E-state index is 12.4. The van der Waals surface area contributed by atoms with E-state index >= 15 is 0 Å². The van der Waals surface area contributed by atoms with Crippen LogP contribution in [0.2, 0.25) is 0 Å². The van der Waals surface area contributed by atoms with Crippen LogP contribution in [0.15, 0.2) is 0 Å². The minimum Gasteiger partial charge on any atom is -0.377 e. The molecule has 0 spiro atoms. The van der Waals surface area contributed by atoms with E-state index in [0.29, 0.717) is 5.92 Å². The fourth-order valence-electron chi connectivity index (χ4n) is 2.87. The van der Waals surface area contributed by atoms with Crippen molar-refractivity contribution in [2.45, 2.75) is 45.3 Å². The first kappa shape index (κ1) is 12.8. The topological polar surface area (TPSA) is 41.6 Å². The molecule has 0 aromatic rings. The molecule has 1 N–H and O–H groups in total. The molecule has 2 saturated heterocycles. The maximum Gasteiger partial charge on any atom is 0.240 e. The number of ether oxygens (including phenoxy) is 1. The molecule has 2 rings (SSSR count). The summed E-state index contributed by atoms with van der Waals surface area (Å²) in [5.41, 5.74) is 0. The Balaban J connectivity index is 1.90. The van der Waals surface area contributed by atoms with E-state index in [1.165, 1.54) is 0 Å². The zero-order valence-electron chi connectivity index (χ0n) is 10.9. The lowest BCUT2D eigenvalue weighted by atomic mass is 10.0. The van der Waals surface area contributed by atoms with Crippen molar-refractivity contribution < 1.29 is 9.53 Å². The smallest absolute Gasteiger partial charge is 0.240 e. The number of carbonyl (C=O) groups excluding carboxylic acids is 1. The summed E-state index contributed by atoms with van der Waals surface area (Å²) >= 11 is 0. The molecule has 0 bridgehead atoms. The standard InChI is InChI=1S/C13H24N2O2/c1-3-17-11-5-4-8-15(9-11)13(16)12-10(2)6-7-14-12/h10-12,14H,3-9H2,1-2H3. The van der Waals surface area contributed by atoms with Gasteiger partial charge in [0.25, 0.3) is 0 Å². The monoisotopic (exact) mass is 240 g/mol. The lowest BCUT2D eigenvalue weighted by Crippen LogP contribution is -2.51. The van der Waals surface area contributed by atoms with Crippen LogP contribution in [0.1, 0.15) is 33.1 Å². The molecule has 0 aromatic heterocycles. The van der Waals surface area contributed by atoms with Gasteiger partial charge in [-0.05, 0) is 38.6 Å². The van der Waals surface area contributed by atoms with Crippen molar-refractivity contribution in [3.8, 4) is 0 Å². The number of piperidine rings is 1. The zero-order valence-corrected chi connectivity index (χ0v) is 10.9. The third-order valence-corrected chi connectivity index (χ3v) is 3.89. The van der Waals surface area contributed by atoms with Crippen LogP contribution in [0.3, 0.4) is 0 Å². The van der Waals surface area contributed by atoms with Gasteiger partial charge >= 0.3 is 0 Å². The van der Waals surface area contributed by atoms with E-state index in [4.69, 9.17) is 4.74 Å². The number of likely N-dealkylation sites (tertiary alicyclic amines) is 1. The van der Waals surface area contributed by atoms with Gasteiger partial charge in [0.05, 0.1) is 12.1 Å². The van der Waals surface area contributed by atoms with Crippen LogP contribution in [-0.4, -0.2) is 49.2 Å². The second-order valence-electron chi connectivity index (χ2n) is 5.20. The van der Waals surface area contributed by atoms with Crippen molar-refractivity contribution in [3.05, 3.63) is 0 Å². The van der Waals surface area contributed by atoms with Crippen molar-refractivity contribution in [1.29, 1.82) is 0 Å². The molecule has 4 heteroatoms. The third kappa shape index (κ3) is 2.99. The van der Waals surface area contributed by atoms with Gasteiger partial charge in [-0.2, -0.15) is 0 Å². The molecule has 2 heterocycles. The van der Waals surface area contributed by atoms with E-state index in [9.17, 15) is 4.79 Å². The normalized spacial score (nSPS) is 34.0. The van der Waals surface area contributed by atoms with Crippen molar-refractivity contribution in [2.24, 2.45) is 5.92 Å². The molecule has 3 unspecified atom stereocenters. The lowest BCUT2D eigenvalue weighted by Gasteiger charge is -2.34. The summed E-state index contributed by atoms with van der Waals surface area (Å²) in [7, 11) is 0. The van der Waals surface area contributed by atoms with Crippen LogP contribution >= 0.6 is 0 Å². The minimum atomic E-state index is 0.0374. The van der Waals surface area contributed by atoms with E-state index in [1.807, 2.05) is 11.8 Å². The second-order valence-corrected chi connectivity index (χ2v) is 5.20. The molecule has 4 nitrogen and oxygen atoms in total. The fraction of sp³-hybridized carbons (Fsp3) is 0.923. The fourth-order valence-corrected chi connectivity index (χ4v) is 2.87. The molecule has 1 amide bonds. The van der Waals surface area contributed by atoms with E-state index in [2.05, 4.69) is 12.2 Å². The Labute approximate surface area is 104 Å². The first-order valence-corrected chi connectivity index (χ1v) is 6.86. The zero-order chi connectivity index (χ0) is 12.3. The Morgan fingerprint density at radius 3 is 2.94 bits per heavy atom.